The quantitative estimate of drug-likeness (QED) is 0.816. The van der Waals surface area contributed by atoms with Crippen molar-refractivity contribution < 1.29 is 4.79 Å². The van der Waals surface area contributed by atoms with Crippen LogP contribution < -0.4 is 5.32 Å². The SMILES string of the molecule is CCC(NC(=O)CSCC#N)c1ccc(Cl)cc1. The number of nitriles is 1. The first-order chi connectivity index (χ1) is 8.67. The molecular weight excluding hydrogens is 268 g/mol. The van der Waals surface area contributed by atoms with Crippen molar-refractivity contribution in [1.29, 1.82) is 5.26 Å². The van der Waals surface area contributed by atoms with Crippen LogP contribution in [0.15, 0.2) is 24.3 Å². The Balaban J connectivity index is 2.54. The van der Waals surface area contributed by atoms with Gasteiger partial charge in [0.1, 0.15) is 0 Å². The minimum Gasteiger partial charge on any atom is -0.349 e. The van der Waals surface area contributed by atoms with Crippen molar-refractivity contribution in [2.75, 3.05) is 11.5 Å². The Kier molecular flexibility index (Phi) is 6.63. The predicted octanol–water partition coefficient (Wildman–Crippen LogP) is 3.16. The van der Waals surface area contributed by atoms with Crippen LogP contribution in [0.25, 0.3) is 0 Å². The highest BCUT2D eigenvalue weighted by Gasteiger charge is 2.12. The fourth-order valence-electron chi connectivity index (χ4n) is 1.54. The molecule has 0 saturated heterocycles. The van der Waals surface area contributed by atoms with Crippen LogP contribution in [0.5, 0.6) is 0 Å². The molecule has 0 radical (unpaired) electrons. The highest BCUT2D eigenvalue weighted by molar-refractivity contribution is 8.00. The number of nitrogens with one attached hydrogen (secondary N) is 1. The number of rotatable bonds is 6. The molecule has 0 aliphatic carbocycles. The molecule has 0 aliphatic heterocycles. The summed E-state index contributed by atoms with van der Waals surface area (Å²) in [5.41, 5.74) is 1.04. The molecule has 1 aromatic rings. The molecule has 1 rings (SSSR count). The summed E-state index contributed by atoms with van der Waals surface area (Å²) in [6.07, 6.45) is 0.816. The summed E-state index contributed by atoms with van der Waals surface area (Å²) in [5, 5.41) is 12.0. The Labute approximate surface area is 117 Å². The minimum absolute atomic E-state index is 0.00236. The standard InChI is InChI=1S/C13H15ClN2OS/c1-2-12(10-3-5-11(14)6-4-10)16-13(17)9-18-8-7-15/h3-6,12H,2,8-9H2,1H3,(H,16,17). The van der Waals surface area contributed by atoms with Gasteiger partial charge in [-0.05, 0) is 24.1 Å². The van der Waals surface area contributed by atoms with E-state index in [-0.39, 0.29) is 11.9 Å². The molecule has 3 nitrogen and oxygen atoms in total. The Morgan fingerprint density at radius 3 is 2.72 bits per heavy atom. The van der Waals surface area contributed by atoms with Gasteiger partial charge < -0.3 is 5.32 Å². The first-order valence-electron chi connectivity index (χ1n) is 5.67. The number of benzene rings is 1. The third-order valence-electron chi connectivity index (χ3n) is 2.42. The molecule has 0 fully saturated rings. The molecule has 1 unspecified atom stereocenters. The average molecular weight is 283 g/mol. The first-order valence-corrected chi connectivity index (χ1v) is 7.20. The van der Waals surface area contributed by atoms with Gasteiger partial charge in [0.05, 0.1) is 23.6 Å². The van der Waals surface area contributed by atoms with Crippen molar-refractivity contribution in [3.8, 4) is 6.07 Å². The zero-order chi connectivity index (χ0) is 13.4. The van der Waals surface area contributed by atoms with Crippen LogP contribution in [0.1, 0.15) is 24.9 Å². The molecule has 18 heavy (non-hydrogen) atoms. The third-order valence-corrected chi connectivity index (χ3v) is 3.47. The number of carbonyl (C=O) groups is 1. The zero-order valence-electron chi connectivity index (χ0n) is 10.1. The van der Waals surface area contributed by atoms with Crippen LogP contribution in [-0.2, 0) is 4.79 Å². The van der Waals surface area contributed by atoms with Crippen molar-refractivity contribution in [1.82, 2.24) is 5.32 Å². The lowest BCUT2D eigenvalue weighted by Crippen LogP contribution is -2.29. The lowest BCUT2D eigenvalue weighted by Gasteiger charge is -2.17. The van der Waals surface area contributed by atoms with Crippen LogP contribution >= 0.6 is 23.4 Å². The number of carbonyl (C=O) groups excluding carboxylic acids is 1. The summed E-state index contributed by atoms with van der Waals surface area (Å²) >= 11 is 7.15. The molecule has 0 saturated carbocycles. The third kappa shape index (κ3) is 4.99. The average Bonchev–Trinajstić information content (AvgIpc) is 2.37. The number of halogens is 1. The van der Waals surface area contributed by atoms with E-state index in [4.69, 9.17) is 16.9 Å². The predicted molar refractivity (Wildman–Crippen MR) is 75.6 cm³/mol. The van der Waals surface area contributed by atoms with E-state index in [0.717, 1.165) is 12.0 Å². The minimum atomic E-state index is -0.0444. The molecule has 1 amide bonds. The largest absolute Gasteiger partial charge is 0.349 e. The van der Waals surface area contributed by atoms with Gasteiger partial charge in [0, 0.05) is 5.02 Å². The first kappa shape index (κ1) is 14.9. The molecule has 0 heterocycles. The Bertz CT molecular complexity index is 428. The van der Waals surface area contributed by atoms with Crippen molar-refractivity contribution in [2.24, 2.45) is 0 Å². The van der Waals surface area contributed by atoms with Crippen LogP contribution in [0.3, 0.4) is 0 Å². The van der Waals surface area contributed by atoms with E-state index in [0.29, 0.717) is 16.5 Å². The zero-order valence-corrected chi connectivity index (χ0v) is 11.7. The Morgan fingerprint density at radius 2 is 2.17 bits per heavy atom. The summed E-state index contributed by atoms with van der Waals surface area (Å²) in [5.74, 6) is 0.611. The highest BCUT2D eigenvalue weighted by Crippen LogP contribution is 2.19. The molecule has 0 aromatic heterocycles. The van der Waals surface area contributed by atoms with Gasteiger partial charge in [0.15, 0.2) is 0 Å². The van der Waals surface area contributed by atoms with E-state index in [1.807, 2.05) is 37.3 Å². The van der Waals surface area contributed by atoms with Crippen LogP contribution in [0.2, 0.25) is 5.02 Å². The van der Waals surface area contributed by atoms with Crippen molar-refractivity contribution in [3.63, 3.8) is 0 Å². The van der Waals surface area contributed by atoms with E-state index in [1.165, 1.54) is 11.8 Å². The normalized spacial score (nSPS) is 11.6. The maximum atomic E-state index is 11.7. The van der Waals surface area contributed by atoms with E-state index in [1.54, 1.807) is 0 Å². The van der Waals surface area contributed by atoms with Crippen LogP contribution in [0, 0.1) is 11.3 Å². The summed E-state index contributed by atoms with van der Waals surface area (Å²) < 4.78 is 0. The number of amides is 1. The van der Waals surface area contributed by atoms with Gasteiger partial charge in [-0.1, -0.05) is 30.7 Å². The van der Waals surface area contributed by atoms with E-state index in [9.17, 15) is 4.79 Å². The second-order valence-electron chi connectivity index (χ2n) is 3.73. The highest BCUT2D eigenvalue weighted by atomic mass is 35.5. The second-order valence-corrected chi connectivity index (χ2v) is 5.15. The molecule has 0 aliphatic rings. The van der Waals surface area contributed by atoms with E-state index >= 15 is 0 Å². The molecule has 5 heteroatoms. The number of hydrogen-bond donors (Lipinski definition) is 1. The van der Waals surface area contributed by atoms with Gasteiger partial charge in [0.25, 0.3) is 0 Å². The van der Waals surface area contributed by atoms with Gasteiger partial charge in [-0.15, -0.1) is 11.8 Å². The molecule has 0 spiro atoms. The lowest BCUT2D eigenvalue weighted by atomic mass is 10.0. The van der Waals surface area contributed by atoms with Gasteiger partial charge in [-0.25, -0.2) is 0 Å². The molecular formula is C13H15ClN2OS. The molecule has 96 valence electrons. The second kappa shape index (κ2) is 8.02. The van der Waals surface area contributed by atoms with Crippen molar-refractivity contribution in [2.45, 2.75) is 19.4 Å². The summed E-state index contributed by atoms with van der Waals surface area (Å²) in [4.78, 5) is 11.7. The Hall–Kier alpha value is -1.18. The van der Waals surface area contributed by atoms with Crippen molar-refractivity contribution >= 4 is 29.3 Å². The van der Waals surface area contributed by atoms with Crippen molar-refractivity contribution in [3.05, 3.63) is 34.9 Å². The number of hydrogen-bond acceptors (Lipinski definition) is 3. The van der Waals surface area contributed by atoms with Gasteiger partial charge in [-0.2, -0.15) is 5.26 Å². The smallest absolute Gasteiger partial charge is 0.230 e. The monoisotopic (exact) mass is 282 g/mol. The van der Waals surface area contributed by atoms with Gasteiger partial charge in [-0.3, -0.25) is 4.79 Å². The fourth-order valence-corrected chi connectivity index (χ4v) is 2.13. The molecule has 0 bridgehead atoms. The maximum absolute atomic E-state index is 11.7. The summed E-state index contributed by atoms with van der Waals surface area (Å²) in [6, 6.07) is 9.46. The fraction of sp³-hybridized carbons (Fsp3) is 0.385. The number of nitrogens with zero attached hydrogens (tertiary/aromatic N) is 1. The van der Waals surface area contributed by atoms with E-state index < -0.39 is 0 Å². The van der Waals surface area contributed by atoms with Gasteiger partial charge >= 0.3 is 0 Å². The topological polar surface area (TPSA) is 52.9 Å². The molecule has 1 atom stereocenters. The number of thioether (sulfide) groups is 1. The van der Waals surface area contributed by atoms with Crippen LogP contribution in [0.4, 0.5) is 0 Å². The molecule has 1 N–H and O–H groups in total. The Morgan fingerprint density at radius 1 is 1.50 bits per heavy atom. The maximum Gasteiger partial charge on any atom is 0.230 e. The molecule has 1 aromatic carbocycles. The summed E-state index contributed by atoms with van der Waals surface area (Å²) in [6.45, 7) is 2.02. The van der Waals surface area contributed by atoms with Crippen LogP contribution in [-0.4, -0.2) is 17.4 Å². The van der Waals surface area contributed by atoms with E-state index in [2.05, 4.69) is 5.32 Å². The lowest BCUT2D eigenvalue weighted by molar-refractivity contribution is -0.119. The van der Waals surface area contributed by atoms with Gasteiger partial charge in [0.2, 0.25) is 5.91 Å². The summed E-state index contributed by atoms with van der Waals surface area (Å²) in [7, 11) is 0.